The topological polar surface area (TPSA) is 119 Å². The molecule has 0 heterocycles. The Labute approximate surface area is 267 Å². The van der Waals surface area contributed by atoms with Gasteiger partial charge in [-0.25, -0.2) is 20.5 Å². The summed E-state index contributed by atoms with van der Waals surface area (Å²) in [6.45, 7) is 1.25. The zero-order chi connectivity index (χ0) is 31.8. The van der Waals surface area contributed by atoms with Crippen LogP contribution in [0.3, 0.4) is 0 Å². The van der Waals surface area contributed by atoms with Gasteiger partial charge in [0.1, 0.15) is 23.0 Å². The molecule has 0 aliphatic heterocycles. The fourth-order valence-corrected chi connectivity index (χ4v) is 4.15. The first-order chi connectivity index (χ1) is 22.6. The van der Waals surface area contributed by atoms with Crippen LogP contribution in [0, 0.1) is 0 Å². The summed E-state index contributed by atoms with van der Waals surface area (Å²) >= 11 is 0. The molecule has 0 bridgehead atoms. The summed E-state index contributed by atoms with van der Waals surface area (Å²) < 4.78 is 11.9. The Kier molecular flexibility index (Phi) is 11.6. The largest absolute Gasteiger partial charge is 0.457 e. The lowest BCUT2D eigenvalue weighted by atomic mass is 10.2. The van der Waals surface area contributed by atoms with E-state index in [1.54, 1.807) is 0 Å². The average Bonchev–Trinajstić information content (AvgIpc) is 3.09. The fourth-order valence-electron chi connectivity index (χ4n) is 4.15. The second-order valence-corrected chi connectivity index (χ2v) is 10.1. The number of rotatable bonds is 14. The lowest BCUT2D eigenvalue weighted by Gasteiger charge is -2.11. The zero-order valence-electron chi connectivity index (χ0n) is 25.0. The van der Waals surface area contributed by atoms with Crippen LogP contribution in [-0.4, -0.2) is 12.1 Å². The predicted molar refractivity (Wildman–Crippen MR) is 173 cm³/mol. The molecule has 46 heavy (non-hydrogen) atoms. The Morgan fingerprint density at radius 1 is 0.413 bits per heavy atom. The van der Waals surface area contributed by atoms with E-state index in [0.717, 1.165) is 22.3 Å². The third kappa shape index (κ3) is 10.7. The maximum Gasteiger partial charge on any atom is 0.338 e. The molecule has 0 radical (unpaired) electrons. The molecule has 0 aromatic heterocycles. The number of urea groups is 2. The summed E-state index contributed by atoms with van der Waals surface area (Å²) in [6, 6.07) is 40.5. The van der Waals surface area contributed by atoms with Gasteiger partial charge in [-0.05, 0) is 70.8 Å². The van der Waals surface area contributed by atoms with E-state index in [-0.39, 0.29) is 13.2 Å². The number of amides is 4. The van der Waals surface area contributed by atoms with Crippen LogP contribution in [0.5, 0.6) is 23.0 Å². The fraction of sp³-hybridized carbons (Fsp3) is 0.111. The first-order valence-corrected chi connectivity index (χ1v) is 14.6. The number of benzene rings is 5. The highest BCUT2D eigenvalue weighted by molar-refractivity contribution is 5.73. The van der Waals surface area contributed by atoms with Gasteiger partial charge < -0.3 is 20.1 Å². The van der Waals surface area contributed by atoms with E-state index < -0.39 is 12.1 Å². The summed E-state index contributed by atoms with van der Waals surface area (Å²) in [5.41, 5.74) is 8.51. The van der Waals surface area contributed by atoms with E-state index in [9.17, 15) is 9.59 Å². The van der Waals surface area contributed by atoms with Crippen molar-refractivity contribution in [3.05, 3.63) is 156 Å². The summed E-state index contributed by atoms with van der Waals surface area (Å²) in [5.74, 6) is 2.63. The highest BCUT2D eigenvalue weighted by atomic mass is 16.7. The standard InChI is InChI=1S/C36H34N4O6/c41-35(39-43-25-29-7-3-1-4-8-29)37-23-27-11-15-31(16-12-27)45-33-19-21-34(22-20-33)46-32-17-13-28(14-18-32)24-38-36(42)40-44-26-30-9-5-2-6-10-30/h1-22H,23-26H2,(H2,37,39,41)(H2,38,40,42). The SMILES string of the molecule is O=C(NCc1ccc(Oc2ccc(Oc3ccc(CNC(=O)NOCc4ccccc4)cc3)cc2)cc1)NOCc1ccccc1. The van der Waals surface area contributed by atoms with Crippen LogP contribution in [-0.2, 0) is 36.0 Å². The molecular formula is C36H34N4O6. The van der Waals surface area contributed by atoms with E-state index in [1.165, 1.54) is 0 Å². The number of ether oxygens (including phenoxy) is 2. The van der Waals surface area contributed by atoms with Crippen LogP contribution in [0.15, 0.2) is 133 Å². The molecule has 5 rings (SSSR count). The van der Waals surface area contributed by atoms with Crippen molar-refractivity contribution in [1.29, 1.82) is 0 Å². The summed E-state index contributed by atoms with van der Waals surface area (Å²) in [4.78, 5) is 34.4. The lowest BCUT2D eigenvalue weighted by molar-refractivity contribution is 0.0489. The smallest absolute Gasteiger partial charge is 0.338 e. The van der Waals surface area contributed by atoms with Gasteiger partial charge in [-0.3, -0.25) is 9.68 Å². The van der Waals surface area contributed by atoms with Gasteiger partial charge in [-0.1, -0.05) is 84.9 Å². The minimum Gasteiger partial charge on any atom is -0.457 e. The van der Waals surface area contributed by atoms with Gasteiger partial charge in [-0.2, -0.15) is 0 Å². The molecule has 0 saturated heterocycles. The molecule has 10 nitrogen and oxygen atoms in total. The maximum absolute atomic E-state index is 12.0. The van der Waals surface area contributed by atoms with Crippen molar-refractivity contribution in [3.8, 4) is 23.0 Å². The van der Waals surface area contributed by atoms with Crippen LogP contribution in [0.2, 0.25) is 0 Å². The highest BCUT2D eigenvalue weighted by Gasteiger charge is 2.05. The molecule has 0 atom stereocenters. The van der Waals surface area contributed by atoms with Crippen molar-refractivity contribution in [2.75, 3.05) is 0 Å². The van der Waals surface area contributed by atoms with Crippen molar-refractivity contribution >= 4 is 12.1 Å². The molecule has 0 spiro atoms. The Hall–Kier alpha value is -5.84. The quantitative estimate of drug-likeness (QED) is 0.0983. The lowest BCUT2D eigenvalue weighted by Crippen LogP contribution is -2.34. The molecule has 4 N–H and O–H groups in total. The average molecular weight is 619 g/mol. The Morgan fingerprint density at radius 2 is 0.739 bits per heavy atom. The number of nitrogens with one attached hydrogen (secondary N) is 4. The van der Waals surface area contributed by atoms with Crippen molar-refractivity contribution in [2.24, 2.45) is 0 Å². The molecule has 0 aliphatic carbocycles. The van der Waals surface area contributed by atoms with Gasteiger partial charge in [0, 0.05) is 13.1 Å². The second-order valence-electron chi connectivity index (χ2n) is 10.1. The molecule has 0 saturated carbocycles. The van der Waals surface area contributed by atoms with E-state index in [4.69, 9.17) is 19.1 Å². The van der Waals surface area contributed by atoms with Crippen LogP contribution in [0.4, 0.5) is 9.59 Å². The molecule has 10 heteroatoms. The van der Waals surface area contributed by atoms with Crippen LogP contribution >= 0.6 is 0 Å². The van der Waals surface area contributed by atoms with Crippen molar-refractivity contribution in [1.82, 2.24) is 21.6 Å². The van der Waals surface area contributed by atoms with Crippen LogP contribution < -0.4 is 31.1 Å². The predicted octanol–water partition coefficient (Wildman–Crippen LogP) is 7.13. The summed E-state index contributed by atoms with van der Waals surface area (Å²) in [5, 5.41) is 5.50. The first kappa shape index (κ1) is 31.6. The second kappa shape index (κ2) is 16.9. The molecule has 234 valence electrons. The third-order valence-corrected chi connectivity index (χ3v) is 6.54. The monoisotopic (exact) mass is 618 g/mol. The Morgan fingerprint density at radius 3 is 1.09 bits per heavy atom. The van der Waals surface area contributed by atoms with Gasteiger partial charge in [0.2, 0.25) is 0 Å². The summed E-state index contributed by atoms with van der Waals surface area (Å²) in [6.07, 6.45) is 0. The van der Waals surface area contributed by atoms with E-state index in [2.05, 4.69) is 21.6 Å². The van der Waals surface area contributed by atoms with Gasteiger partial charge in [-0.15, -0.1) is 0 Å². The molecule has 4 amide bonds. The van der Waals surface area contributed by atoms with Crippen molar-refractivity contribution in [3.63, 3.8) is 0 Å². The molecule has 5 aromatic carbocycles. The molecule has 0 fully saturated rings. The van der Waals surface area contributed by atoms with Crippen molar-refractivity contribution < 1.29 is 28.7 Å². The number of carbonyl (C=O) groups excluding carboxylic acids is 2. The van der Waals surface area contributed by atoms with Gasteiger partial charge in [0.05, 0.1) is 13.2 Å². The van der Waals surface area contributed by atoms with Gasteiger partial charge in [0.25, 0.3) is 0 Å². The van der Waals surface area contributed by atoms with Gasteiger partial charge >= 0.3 is 12.1 Å². The maximum atomic E-state index is 12.0. The van der Waals surface area contributed by atoms with Gasteiger partial charge in [0.15, 0.2) is 0 Å². The normalized spacial score (nSPS) is 10.4. The van der Waals surface area contributed by atoms with E-state index in [0.29, 0.717) is 36.1 Å². The Balaban J connectivity index is 0.985. The number of hydrogen-bond donors (Lipinski definition) is 4. The molecule has 5 aromatic rings. The highest BCUT2D eigenvalue weighted by Crippen LogP contribution is 2.27. The zero-order valence-corrected chi connectivity index (χ0v) is 25.0. The van der Waals surface area contributed by atoms with Crippen LogP contribution in [0.1, 0.15) is 22.3 Å². The molecule has 0 unspecified atom stereocenters. The van der Waals surface area contributed by atoms with Crippen molar-refractivity contribution in [2.45, 2.75) is 26.3 Å². The summed E-state index contributed by atoms with van der Waals surface area (Å²) in [7, 11) is 0. The van der Waals surface area contributed by atoms with E-state index >= 15 is 0 Å². The minimum atomic E-state index is -0.420. The van der Waals surface area contributed by atoms with E-state index in [1.807, 2.05) is 133 Å². The first-order valence-electron chi connectivity index (χ1n) is 14.6. The van der Waals surface area contributed by atoms with Crippen LogP contribution in [0.25, 0.3) is 0 Å². The molecular weight excluding hydrogens is 584 g/mol. The molecule has 0 aliphatic rings. The third-order valence-electron chi connectivity index (χ3n) is 6.54. The number of hydroxylamine groups is 2. The number of hydrogen-bond acceptors (Lipinski definition) is 6. The number of carbonyl (C=O) groups is 2. The Bertz CT molecular complexity index is 1520. The minimum absolute atomic E-state index is 0.286.